The van der Waals surface area contributed by atoms with E-state index in [0.29, 0.717) is 29.9 Å². The van der Waals surface area contributed by atoms with Gasteiger partial charge in [-0.1, -0.05) is 24.2 Å². The number of thiazole rings is 1. The summed E-state index contributed by atoms with van der Waals surface area (Å²) in [4.78, 5) is 20.4. The van der Waals surface area contributed by atoms with Crippen molar-refractivity contribution in [2.45, 2.75) is 77.7 Å². The molecule has 1 fully saturated rings. The molecule has 10 heteroatoms. The van der Waals surface area contributed by atoms with E-state index in [1.54, 1.807) is 0 Å². The zero-order valence-corrected chi connectivity index (χ0v) is 21.0. The number of hydrogen-bond donors (Lipinski definition) is 0. The molecule has 2 aromatic rings. The molecule has 1 aliphatic carbocycles. The monoisotopic (exact) mass is 498 g/mol. The molecule has 0 spiro atoms. The van der Waals surface area contributed by atoms with Crippen molar-refractivity contribution in [2.75, 3.05) is 19.7 Å². The number of nitrogens with zero attached hydrogens (tertiary/aromatic N) is 4. The summed E-state index contributed by atoms with van der Waals surface area (Å²) in [6.07, 6.45) is 7.79. The fraction of sp³-hybridized carbons (Fsp3) is 0.739. The quantitative estimate of drug-likeness (QED) is 0.454. The summed E-state index contributed by atoms with van der Waals surface area (Å²) in [7, 11) is 0. The Morgan fingerprint density at radius 1 is 1.18 bits per heavy atom. The van der Waals surface area contributed by atoms with Crippen LogP contribution in [0, 0.1) is 18.8 Å². The molecule has 0 saturated heterocycles. The topological polar surface area (TPSA) is 68.2 Å². The Balaban J connectivity index is 1.15. The van der Waals surface area contributed by atoms with Crippen LogP contribution in [0.15, 0.2) is 0 Å². The molecule has 0 unspecified atom stereocenters. The molecule has 0 radical (unpaired) electrons. The lowest BCUT2D eigenvalue weighted by molar-refractivity contribution is -0.119. The summed E-state index contributed by atoms with van der Waals surface area (Å²) >= 11 is 2.91. The molecular weight excluding hydrogens is 466 g/mol. The highest BCUT2D eigenvalue weighted by molar-refractivity contribution is 7.13. The second-order valence-corrected chi connectivity index (χ2v) is 11.9. The Morgan fingerprint density at radius 3 is 2.64 bits per heavy atom. The van der Waals surface area contributed by atoms with E-state index in [1.165, 1.54) is 35.5 Å². The normalized spacial score (nSPS) is 21.7. The molecule has 0 aromatic carbocycles. The number of aryl methyl sites for hydroxylation is 1. The average molecular weight is 499 g/mol. The third-order valence-electron chi connectivity index (χ3n) is 6.49. The number of halogens is 2. The Kier molecular flexibility index (Phi) is 8.07. The molecular formula is C23H32F2N4O2S2. The standard InChI is InChI=1S/C23H32F2N4O2S2/c1-15-27-28-21(32-15)12-18(30)11-17-5-3-16(4-6-17)7-9-29-10-8-20-19(13-29)26-22(33-20)31-14-23(2,24)25/h16-17H,3-14H2,1-2H3. The first-order valence-corrected chi connectivity index (χ1v) is 13.4. The third kappa shape index (κ3) is 7.48. The number of carbonyl (C=O) groups is 1. The fourth-order valence-corrected chi connectivity index (χ4v) is 6.37. The lowest BCUT2D eigenvalue weighted by Crippen LogP contribution is -2.32. The zero-order valence-electron chi connectivity index (χ0n) is 19.3. The molecule has 0 amide bonds. The van der Waals surface area contributed by atoms with Crippen molar-refractivity contribution < 1.29 is 18.3 Å². The van der Waals surface area contributed by atoms with E-state index in [9.17, 15) is 13.6 Å². The Hall–Kier alpha value is -1.52. The van der Waals surface area contributed by atoms with Crippen molar-refractivity contribution >= 4 is 28.5 Å². The van der Waals surface area contributed by atoms with Gasteiger partial charge in [-0.3, -0.25) is 9.69 Å². The third-order valence-corrected chi connectivity index (χ3v) is 8.40. The minimum Gasteiger partial charge on any atom is -0.464 e. The van der Waals surface area contributed by atoms with Gasteiger partial charge in [0.05, 0.1) is 12.1 Å². The van der Waals surface area contributed by atoms with Crippen LogP contribution in [0.3, 0.4) is 0 Å². The van der Waals surface area contributed by atoms with Gasteiger partial charge in [0.25, 0.3) is 11.1 Å². The minimum atomic E-state index is -2.84. The largest absolute Gasteiger partial charge is 0.464 e. The molecule has 0 bridgehead atoms. The predicted octanol–water partition coefficient (Wildman–Crippen LogP) is 5.09. The van der Waals surface area contributed by atoms with Crippen LogP contribution in [0.1, 0.15) is 66.0 Å². The van der Waals surface area contributed by atoms with E-state index in [2.05, 4.69) is 20.1 Å². The van der Waals surface area contributed by atoms with E-state index in [0.717, 1.165) is 72.8 Å². The van der Waals surface area contributed by atoms with Gasteiger partial charge >= 0.3 is 0 Å². The van der Waals surface area contributed by atoms with Gasteiger partial charge in [0.1, 0.15) is 15.8 Å². The van der Waals surface area contributed by atoms with Crippen LogP contribution >= 0.6 is 22.7 Å². The number of hydrogen-bond acceptors (Lipinski definition) is 8. The van der Waals surface area contributed by atoms with Crippen LogP contribution in [-0.4, -0.2) is 51.5 Å². The van der Waals surface area contributed by atoms with Crippen LogP contribution in [0.25, 0.3) is 0 Å². The Bertz CT molecular complexity index is 935. The number of carbonyl (C=O) groups excluding carboxylic acids is 1. The first kappa shape index (κ1) is 24.6. The number of Topliss-reactive ketones (excluding diaryl/α,β-unsaturated/α-hetero) is 1. The molecule has 3 heterocycles. The van der Waals surface area contributed by atoms with Crippen LogP contribution in [0.4, 0.5) is 8.78 Å². The number of aromatic nitrogens is 3. The molecule has 6 nitrogen and oxygen atoms in total. The van der Waals surface area contributed by atoms with E-state index in [-0.39, 0.29) is 5.78 Å². The van der Waals surface area contributed by atoms with Crippen molar-refractivity contribution in [3.8, 4) is 5.19 Å². The van der Waals surface area contributed by atoms with Gasteiger partial charge in [-0.2, -0.15) is 0 Å². The average Bonchev–Trinajstić information content (AvgIpc) is 3.36. The molecule has 4 rings (SSSR count). The van der Waals surface area contributed by atoms with Gasteiger partial charge in [0.15, 0.2) is 6.61 Å². The summed E-state index contributed by atoms with van der Waals surface area (Å²) in [5, 5.41) is 10.2. The number of ketones is 1. The zero-order chi connectivity index (χ0) is 23.4. The summed E-state index contributed by atoms with van der Waals surface area (Å²) in [6, 6.07) is 0. The van der Waals surface area contributed by atoms with Crippen molar-refractivity contribution in [1.82, 2.24) is 20.1 Å². The lowest BCUT2D eigenvalue weighted by Gasteiger charge is -2.31. The summed E-state index contributed by atoms with van der Waals surface area (Å²) in [5.41, 5.74) is 0.980. The van der Waals surface area contributed by atoms with Crippen molar-refractivity contribution in [1.29, 1.82) is 0 Å². The smallest absolute Gasteiger partial charge is 0.278 e. The van der Waals surface area contributed by atoms with Crippen molar-refractivity contribution in [3.05, 3.63) is 20.6 Å². The number of alkyl halides is 2. The highest BCUT2D eigenvalue weighted by Gasteiger charge is 2.27. The van der Waals surface area contributed by atoms with Gasteiger partial charge in [0.2, 0.25) is 0 Å². The number of fused-ring (bicyclic) bond motifs is 1. The lowest BCUT2D eigenvalue weighted by atomic mass is 9.78. The molecule has 1 saturated carbocycles. The summed E-state index contributed by atoms with van der Waals surface area (Å²) in [6.45, 7) is 4.92. The molecule has 2 aromatic heterocycles. The van der Waals surface area contributed by atoms with Crippen molar-refractivity contribution in [2.24, 2.45) is 11.8 Å². The van der Waals surface area contributed by atoms with Crippen LogP contribution in [-0.2, 0) is 24.2 Å². The highest BCUT2D eigenvalue weighted by atomic mass is 32.1. The van der Waals surface area contributed by atoms with Crippen molar-refractivity contribution in [3.63, 3.8) is 0 Å². The number of ether oxygens (including phenoxy) is 1. The second-order valence-electron chi connectivity index (χ2n) is 9.54. The Morgan fingerprint density at radius 2 is 1.94 bits per heavy atom. The molecule has 0 N–H and O–H groups in total. The summed E-state index contributed by atoms with van der Waals surface area (Å²) in [5.74, 6) is -1.34. The van der Waals surface area contributed by atoms with Gasteiger partial charge < -0.3 is 4.74 Å². The van der Waals surface area contributed by atoms with Crippen LogP contribution < -0.4 is 4.74 Å². The van der Waals surface area contributed by atoms with Crippen LogP contribution in [0.2, 0.25) is 0 Å². The maximum atomic E-state index is 13.0. The van der Waals surface area contributed by atoms with Gasteiger partial charge in [0, 0.05) is 31.3 Å². The maximum Gasteiger partial charge on any atom is 0.278 e. The van der Waals surface area contributed by atoms with E-state index in [4.69, 9.17) is 4.74 Å². The summed E-state index contributed by atoms with van der Waals surface area (Å²) < 4.78 is 31.3. The van der Waals surface area contributed by atoms with Gasteiger partial charge in [-0.25, -0.2) is 13.8 Å². The molecule has 182 valence electrons. The maximum absolute atomic E-state index is 13.0. The molecule has 0 atom stereocenters. The first-order chi connectivity index (χ1) is 15.7. The first-order valence-electron chi connectivity index (χ1n) is 11.8. The van der Waals surface area contributed by atoms with E-state index in [1.807, 2.05) is 6.92 Å². The Labute approximate surface area is 201 Å². The number of rotatable bonds is 10. The highest BCUT2D eigenvalue weighted by Crippen LogP contribution is 2.34. The molecule has 1 aliphatic heterocycles. The molecule has 33 heavy (non-hydrogen) atoms. The van der Waals surface area contributed by atoms with Gasteiger partial charge in [-0.05, 0) is 51.0 Å². The van der Waals surface area contributed by atoms with Crippen LogP contribution in [0.5, 0.6) is 5.19 Å². The van der Waals surface area contributed by atoms with E-state index >= 15 is 0 Å². The fourth-order valence-electron chi connectivity index (χ4n) is 4.73. The second kappa shape index (κ2) is 10.8. The predicted molar refractivity (Wildman–Crippen MR) is 125 cm³/mol. The van der Waals surface area contributed by atoms with E-state index < -0.39 is 12.5 Å². The molecule has 2 aliphatic rings. The SMILES string of the molecule is Cc1nnc(CC(=O)CC2CCC(CCN3CCc4sc(OCC(C)(F)F)nc4C3)CC2)s1. The van der Waals surface area contributed by atoms with Gasteiger partial charge in [-0.15, -0.1) is 21.5 Å². The minimum absolute atomic E-state index is 0.285.